The Hall–Kier alpha value is -0.380. The van der Waals surface area contributed by atoms with E-state index in [0.717, 1.165) is 26.2 Å². The lowest BCUT2D eigenvalue weighted by Gasteiger charge is -2.34. The molecule has 2 unspecified atom stereocenters. The maximum Gasteiger partial charge on any atom is 0.0890 e. The Kier molecular flexibility index (Phi) is 4.42. The van der Waals surface area contributed by atoms with Crippen LogP contribution in [0.25, 0.3) is 0 Å². The molecule has 0 radical (unpaired) electrons. The van der Waals surface area contributed by atoms with Crippen molar-refractivity contribution in [1.82, 2.24) is 10.2 Å². The summed E-state index contributed by atoms with van der Waals surface area (Å²) in [5.41, 5.74) is 0. The summed E-state index contributed by atoms with van der Waals surface area (Å²) in [5.74, 6) is 0. The molecule has 0 saturated carbocycles. The topological polar surface area (TPSA) is 24.5 Å². The number of hydrogen-bond acceptors (Lipinski definition) is 3. The summed E-state index contributed by atoms with van der Waals surface area (Å²) in [6.45, 7) is 9.73. The summed E-state index contributed by atoms with van der Waals surface area (Å²) in [6, 6.07) is 0.285. The van der Waals surface area contributed by atoms with Gasteiger partial charge in [-0.1, -0.05) is 13.0 Å². The number of ether oxygens (including phenoxy) is 1. The molecule has 3 heteroatoms. The van der Waals surface area contributed by atoms with E-state index in [1.165, 1.54) is 0 Å². The van der Waals surface area contributed by atoms with Gasteiger partial charge in [-0.3, -0.25) is 0 Å². The quantitative estimate of drug-likeness (QED) is 0.643. The summed E-state index contributed by atoms with van der Waals surface area (Å²) in [5, 5.41) is 3.35. The van der Waals surface area contributed by atoms with Crippen molar-refractivity contribution in [3.63, 3.8) is 0 Å². The number of hydrogen-bond donors (Lipinski definition) is 1. The molecule has 1 fully saturated rings. The molecule has 0 amide bonds. The number of rotatable bonds is 4. The van der Waals surface area contributed by atoms with Crippen molar-refractivity contribution in [3.05, 3.63) is 12.7 Å². The van der Waals surface area contributed by atoms with E-state index in [0.29, 0.717) is 0 Å². The molecule has 13 heavy (non-hydrogen) atoms. The lowest BCUT2D eigenvalue weighted by molar-refractivity contribution is -0.0301. The molecule has 3 nitrogen and oxygen atoms in total. The second kappa shape index (κ2) is 5.37. The van der Waals surface area contributed by atoms with E-state index >= 15 is 0 Å². The highest BCUT2D eigenvalue weighted by molar-refractivity contribution is 4.94. The minimum absolute atomic E-state index is 0.260. The Morgan fingerprint density at radius 1 is 1.77 bits per heavy atom. The first kappa shape index (κ1) is 10.7. The van der Waals surface area contributed by atoms with Gasteiger partial charge >= 0.3 is 0 Å². The molecule has 0 aromatic heterocycles. The van der Waals surface area contributed by atoms with E-state index in [1.54, 1.807) is 0 Å². The van der Waals surface area contributed by atoms with Crippen LogP contribution in [0.4, 0.5) is 0 Å². The maximum absolute atomic E-state index is 5.68. The van der Waals surface area contributed by atoms with Crippen molar-refractivity contribution < 1.29 is 4.74 Å². The highest BCUT2D eigenvalue weighted by atomic mass is 16.5. The Bertz CT molecular complexity index is 161. The fourth-order valence-electron chi connectivity index (χ4n) is 1.63. The minimum atomic E-state index is 0.260. The van der Waals surface area contributed by atoms with Crippen LogP contribution in [-0.4, -0.2) is 50.3 Å². The molecule has 0 spiro atoms. The average molecular weight is 184 g/mol. The molecule has 76 valence electrons. The van der Waals surface area contributed by atoms with Gasteiger partial charge in [0.15, 0.2) is 0 Å². The smallest absolute Gasteiger partial charge is 0.0890 e. The molecular weight excluding hydrogens is 164 g/mol. The Morgan fingerprint density at radius 2 is 2.54 bits per heavy atom. The van der Waals surface area contributed by atoms with Crippen LogP contribution >= 0.6 is 0 Å². The standard InChI is InChI=1S/C10H20N2O/c1-4-9(11-5-2)10-8-12(3)6-7-13-10/h4,9-11H,1,5-8H2,2-3H3. The summed E-state index contributed by atoms with van der Waals surface area (Å²) in [4.78, 5) is 2.29. The third-order valence-corrected chi connectivity index (χ3v) is 2.39. The predicted molar refractivity (Wildman–Crippen MR) is 54.9 cm³/mol. The predicted octanol–water partition coefficient (Wildman–Crippen LogP) is 0.481. The summed E-state index contributed by atoms with van der Waals surface area (Å²) < 4.78 is 5.68. The first-order chi connectivity index (χ1) is 6.27. The van der Waals surface area contributed by atoms with Crippen LogP contribution in [0.3, 0.4) is 0 Å². The van der Waals surface area contributed by atoms with E-state index in [9.17, 15) is 0 Å². The normalized spacial score (nSPS) is 27.1. The van der Waals surface area contributed by atoms with Gasteiger partial charge in [-0.25, -0.2) is 0 Å². The zero-order valence-electron chi connectivity index (χ0n) is 8.62. The summed E-state index contributed by atoms with van der Waals surface area (Å²) >= 11 is 0. The number of nitrogens with zero attached hydrogens (tertiary/aromatic N) is 1. The van der Waals surface area contributed by atoms with Crippen molar-refractivity contribution in [3.8, 4) is 0 Å². The minimum Gasteiger partial charge on any atom is -0.374 e. The summed E-state index contributed by atoms with van der Waals surface area (Å²) in [6.07, 6.45) is 2.20. The van der Waals surface area contributed by atoms with Crippen molar-refractivity contribution >= 4 is 0 Å². The van der Waals surface area contributed by atoms with Gasteiger partial charge in [0.1, 0.15) is 0 Å². The Labute approximate surface area is 80.8 Å². The van der Waals surface area contributed by atoms with Crippen LogP contribution in [0.2, 0.25) is 0 Å². The highest BCUT2D eigenvalue weighted by Crippen LogP contribution is 2.07. The third-order valence-electron chi connectivity index (χ3n) is 2.39. The van der Waals surface area contributed by atoms with Crippen LogP contribution in [0.1, 0.15) is 6.92 Å². The van der Waals surface area contributed by atoms with Gasteiger partial charge in [-0.15, -0.1) is 6.58 Å². The molecule has 0 aromatic carbocycles. The molecule has 0 aliphatic carbocycles. The number of nitrogens with one attached hydrogen (secondary N) is 1. The van der Waals surface area contributed by atoms with Crippen molar-refractivity contribution in [2.45, 2.75) is 19.1 Å². The molecular formula is C10H20N2O. The second-order valence-corrected chi connectivity index (χ2v) is 3.49. The van der Waals surface area contributed by atoms with Gasteiger partial charge in [-0.2, -0.15) is 0 Å². The lowest BCUT2D eigenvalue weighted by Crippen LogP contribution is -2.50. The average Bonchev–Trinajstić information content (AvgIpc) is 2.14. The van der Waals surface area contributed by atoms with Crippen LogP contribution in [0.15, 0.2) is 12.7 Å². The van der Waals surface area contributed by atoms with Crippen LogP contribution in [0, 0.1) is 0 Å². The zero-order chi connectivity index (χ0) is 9.68. The van der Waals surface area contributed by atoms with Gasteiger partial charge in [-0.05, 0) is 13.6 Å². The monoisotopic (exact) mass is 184 g/mol. The van der Waals surface area contributed by atoms with E-state index in [2.05, 4.69) is 30.8 Å². The van der Waals surface area contributed by atoms with Gasteiger partial charge < -0.3 is 15.0 Å². The van der Waals surface area contributed by atoms with Crippen LogP contribution in [0.5, 0.6) is 0 Å². The number of likely N-dealkylation sites (N-methyl/N-ethyl adjacent to an activating group) is 2. The molecule has 1 aliphatic rings. The first-order valence-electron chi connectivity index (χ1n) is 4.94. The fourth-order valence-corrected chi connectivity index (χ4v) is 1.63. The third kappa shape index (κ3) is 3.10. The van der Waals surface area contributed by atoms with Crippen molar-refractivity contribution in [2.75, 3.05) is 33.3 Å². The molecule has 2 atom stereocenters. The number of morpholine rings is 1. The van der Waals surface area contributed by atoms with Gasteiger partial charge in [0, 0.05) is 13.1 Å². The zero-order valence-corrected chi connectivity index (χ0v) is 8.62. The highest BCUT2D eigenvalue weighted by Gasteiger charge is 2.23. The second-order valence-electron chi connectivity index (χ2n) is 3.49. The Balaban J connectivity index is 2.42. The molecule has 1 aliphatic heterocycles. The van der Waals surface area contributed by atoms with Crippen LogP contribution in [-0.2, 0) is 4.74 Å². The first-order valence-corrected chi connectivity index (χ1v) is 4.94. The molecule has 0 bridgehead atoms. The van der Waals surface area contributed by atoms with E-state index < -0.39 is 0 Å². The molecule has 1 rings (SSSR count). The molecule has 1 heterocycles. The lowest BCUT2D eigenvalue weighted by atomic mass is 10.1. The molecule has 1 saturated heterocycles. The van der Waals surface area contributed by atoms with Crippen molar-refractivity contribution in [2.24, 2.45) is 0 Å². The largest absolute Gasteiger partial charge is 0.374 e. The van der Waals surface area contributed by atoms with Gasteiger partial charge in [0.05, 0.1) is 18.8 Å². The molecule has 0 aromatic rings. The maximum atomic E-state index is 5.68. The van der Waals surface area contributed by atoms with E-state index in [1.807, 2.05) is 6.08 Å². The van der Waals surface area contributed by atoms with E-state index in [-0.39, 0.29) is 12.1 Å². The van der Waals surface area contributed by atoms with Gasteiger partial charge in [0.2, 0.25) is 0 Å². The van der Waals surface area contributed by atoms with Gasteiger partial charge in [0.25, 0.3) is 0 Å². The Morgan fingerprint density at radius 3 is 3.08 bits per heavy atom. The van der Waals surface area contributed by atoms with E-state index in [4.69, 9.17) is 4.74 Å². The summed E-state index contributed by atoms with van der Waals surface area (Å²) in [7, 11) is 2.13. The van der Waals surface area contributed by atoms with Crippen molar-refractivity contribution in [1.29, 1.82) is 0 Å². The SMILES string of the molecule is C=CC(NCC)C1CN(C)CCO1. The van der Waals surface area contributed by atoms with Crippen LogP contribution < -0.4 is 5.32 Å². The molecule has 1 N–H and O–H groups in total. The fraction of sp³-hybridized carbons (Fsp3) is 0.800.